The van der Waals surface area contributed by atoms with Crippen molar-refractivity contribution in [3.8, 4) is 22.6 Å². The molecule has 0 aromatic heterocycles. The van der Waals surface area contributed by atoms with Gasteiger partial charge in [-0.15, -0.1) is 0 Å². The zero-order chi connectivity index (χ0) is 21.5. The van der Waals surface area contributed by atoms with Gasteiger partial charge in [0, 0.05) is 37.4 Å². The average Bonchev–Trinajstić information content (AvgIpc) is 3.13. The van der Waals surface area contributed by atoms with E-state index in [-0.39, 0.29) is 17.8 Å². The number of methoxy groups -OCH3 is 2. The van der Waals surface area contributed by atoms with Crippen molar-refractivity contribution in [2.75, 3.05) is 33.9 Å². The summed E-state index contributed by atoms with van der Waals surface area (Å²) in [6.45, 7) is 3.35. The van der Waals surface area contributed by atoms with Crippen LogP contribution in [0.2, 0.25) is 0 Å². The number of hydrogen-bond donors (Lipinski definition) is 0. The Hall–Kier alpha value is -3.02. The third-order valence-electron chi connectivity index (χ3n) is 5.41. The third-order valence-corrected chi connectivity index (χ3v) is 5.41. The van der Waals surface area contributed by atoms with Crippen LogP contribution < -0.4 is 9.47 Å². The second kappa shape index (κ2) is 10.1. The lowest BCUT2D eigenvalue weighted by molar-refractivity contribution is -0.143. The Morgan fingerprint density at radius 1 is 1.10 bits per heavy atom. The predicted molar refractivity (Wildman–Crippen MR) is 115 cm³/mol. The molecule has 6 heteroatoms. The highest BCUT2D eigenvalue weighted by atomic mass is 16.5. The van der Waals surface area contributed by atoms with Crippen LogP contribution in [0.25, 0.3) is 11.1 Å². The van der Waals surface area contributed by atoms with Crippen LogP contribution in [-0.2, 0) is 14.3 Å². The Morgan fingerprint density at radius 2 is 1.87 bits per heavy atom. The van der Waals surface area contributed by atoms with E-state index in [0.29, 0.717) is 50.5 Å². The van der Waals surface area contributed by atoms with Crippen LogP contribution in [0.3, 0.4) is 0 Å². The minimum Gasteiger partial charge on any atom is -0.493 e. The lowest BCUT2D eigenvalue weighted by Crippen LogP contribution is -2.26. The summed E-state index contributed by atoms with van der Waals surface area (Å²) in [5.41, 5.74) is 3.06. The molecule has 1 atom stereocenters. The number of hydrogen-bond acceptors (Lipinski definition) is 5. The number of benzene rings is 2. The summed E-state index contributed by atoms with van der Waals surface area (Å²) in [6, 6.07) is 13.9. The second-order valence-electron chi connectivity index (χ2n) is 7.28. The summed E-state index contributed by atoms with van der Waals surface area (Å²) in [6.07, 6.45) is 1.37. The fraction of sp³-hybridized carbons (Fsp3) is 0.417. The fourth-order valence-corrected chi connectivity index (χ4v) is 4.03. The summed E-state index contributed by atoms with van der Waals surface area (Å²) in [4.78, 5) is 26.0. The molecule has 2 aromatic carbocycles. The molecule has 1 fully saturated rings. The average molecular weight is 411 g/mol. The molecule has 160 valence electrons. The summed E-state index contributed by atoms with van der Waals surface area (Å²) in [5.74, 6) is 1.28. The topological polar surface area (TPSA) is 65.1 Å². The van der Waals surface area contributed by atoms with Crippen LogP contribution >= 0.6 is 0 Å². The van der Waals surface area contributed by atoms with E-state index >= 15 is 0 Å². The van der Waals surface area contributed by atoms with Crippen molar-refractivity contribution in [2.45, 2.75) is 32.1 Å². The zero-order valence-electron chi connectivity index (χ0n) is 17.8. The van der Waals surface area contributed by atoms with Gasteiger partial charge in [-0.3, -0.25) is 9.59 Å². The van der Waals surface area contributed by atoms with E-state index in [4.69, 9.17) is 14.2 Å². The molecule has 0 aliphatic carbocycles. The smallest absolute Gasteiger partial charge is 0.305 e. The molecule has 1 heterocycles. The molecular formula is C24H29NO5. The first kappa shape index (κ1) is 21.7. The maximum Gasteiger partial charge on any atom is 0.305 e. The van der Waals surface area contributed by atoms with E-state index in [9.17, 15) is 9.59 Å². The van der Waals surface area contributed by atoms with Crippen LogP contribution in [0.4, 0.5) is 0 Å². The molecule has 6 nitrogen and oxygen atoms in total. The van der Waals surface area contributed by atoms with Crippen molar-refractivity contribution >= 4 is 11.9 Å². The second-order valence-corrected chi connectivity index (χ2v) is 7.28. The van der Waals surface area contributed by atoms with E-state index < -0.39 is 0 Å². The molecule has 1 aliphatic heterocycles. The molecule has 30 heavy (non-hydrogen) atoms. The summed E-state index contributed by atoms with van der Waals surface area (Å²) < 4.78 is 16.2. The van der Waals surface area contributed by atoms with Crippen molar-refractivity contribution in [2.24, 2.45) is 0 Å². The van der Waals surface area contributed by atoms with Gasteiger partial charge in [0.25, 0.3) is 0 Å². The molecule has 0 spiro atoms. The highest BCUT2D eigenvalue weighted by Crippen LogP contribution is 2.45. The van der Waals surface area contributed by atoms with E-state index in [1.54, 1.807) is 21.1 Å². The largest absolute Gasteiger partial charge is 0.493 e. The van der Waals surface area contributed by atoms with Crippen LogP contribution in [0.5, 0.6) is 11.5 Å². The van der Waals surface area contributed by atoms with Crippen LogP contribution in [-0.4, -0.2) is 50.7 Å². The minimum absolute atomic E-state index is 0.0510. The number of esters is 1. The van der Waals surface area contributed by atoms with Crippen LogP contribution in [0.1, 0.15) is 37.7 Å². The van der Waals surface area contributed by atoms with Gasteiger partial charge in [0.15, 0.2) is 11.5 Å². The van der Waals surface area contributed by atoms with Gasteiger partial charge in [-0.25, -0.2) is 0 Å². The van der Waals surface area contributed by atoms with Crippen LogP contribution in [0, 0.1) is 0 Å². The van der Waals surface area contributed by atoms with Crippen molar-refractivity contribution in [1.29, 1.82) is 0 Å². The molecule has 0 saturated carbocycles. The number of rotatable bonds is 9. The van der Waals surface area contributed by atoms with Gasteiger partial charge in [0.2, 0.25) is 5.91 Å². The monoisotopic (exact) mass is 411 g/mol. The highest BCUT2D eigenvalue weighted by molar-refractivity contribution is 5.83. The number of carbonyl (C=O) groups excluding carboxylic acids is 2. The lowest BCUT2D eigenvalue weighted by Gasteiger charge is -2.21. The standard InChI is InChI=1S/C24H29NO5/c1-4-30-22(27)11-8-14-25-16-18(15-21(25)26)19-12-13-20(28-2)24(29-3)23(19)17-9-6-5-7-10-17/h5-7,9-10,12-13,18H,4,8,11,14-16H2,1-3H3. The molecule has 1 saturated heterocycles. The molecule has 1 amide bonds. The Labute approximate surface area is 177 Å². The molecule has 1 unspecified atom stereocenters. The first-order chi connectivity index (χ1) is 14.6. The third kappa shape index (κ3) is 4.75. The van der Waals surface area contributed by atoms with Gasteiger partial charge >= 0.3 is 5.97 Å². The van der Waals surface area contributed by atoms with E-state index in [0.717, 1.165) is 16.7 Å². The maximum absolute atomic E-state index is 12.6. The molecule has 2 aromatic rings. The number of carbonyl (C=O) groups is 2. The van der Waals surface area contributed by atoms with Gasteiger partial charge < -0.3 is 19.1 Å². The van der Waals surface area contributed by atoms with E-state index in [1.807, 2.05) is 47.4 Å². The van der Waals surface area contributed by atoms with Crippen molar-refractivity contribution in [3.63, 3.8) is 0 Å². The van der Waals surface area contributed by atoms with Gasteiger partial charge in [-0.1, -0.05) is 36.4 Å². The molecular weight excluding hydrogens is 382 g/mol. The normalized spacial score (nSPS) is 15.9. The van der Waals surface area contributed by atoms with Crippen molar-refractivity contribution in [1.82, 2.24) is 4.90 Å². The Kier molecular flexibility index (Phi) is 7.33. The summed E-state index contributed by atoms with van der Waals surface area (Å²) in [5, 5.41) is 0. The first-order valence-electron chi connectivity index (χ1n) is 10.3. The molecule has 0 N–H and O–H groups in total. The van der Waals surface area contributed by atoms with Crippen LogP contribution in [0.15, 0.2) is 42.5 Å². The summed E-state index contributed by atoms with van der Waals surface area (Å²) in [7, 11) is 3.26. The summed E-state index contributed by atoms with van der Waals surface area (Å²) >= 11 is 0. The van der Waals surface area contributed by atoms with Gasteiger partial charge in [0.05, 0.1) is 20.8 Å². The number of ether oxygens (including phenoxy) is 3. The molecule has 0 radical (unpaired) electrons. The SMILES string of the molecule is CCOC(=O)CCCN1CC(c2ccc(OC)c(OC)c2-c2ccccc2)CC1=O. The van der Waals surface area contributed by atoms with Gasteiger partial charge in [0.1, 0.15) is 0 Å². The first-order valence-corrected chi connectivity index (χ1v) is 10.3. The lowest BCUT2D eigenvalue weighted by atomic mass is 9.89. The molecule has 0 bridgehead atoms. The zero-order valence-corrected chi connectivity index (χ0v) is 17.8. The molecule has 1 aliphatic rings. The van der Waals surface area contributed by atoms with E-state index in [2.05, 4.69) is 0 Å². The predicted octanol–water partition coefficient (Wildman–Crippen LogP) is 4.03. The number of likely N-dealkylation sites (tertiary alicyclic amines) is 1. The molecule has 3 rings (SSSR count). The highest BCUT2D eigenvalue weighted by Gasteiger charge is 2.33. The van der Waals surface area contributed by atoms with Gasteiger partial charge in [-0.05, 0) is 30.5 Å². The fourth-order valence-electron chi connectivity index (χ4n) is 4.03. The Morgan fingerprint density at radius 3 is 2.53 bits per heavy atom. The van der Waals surface area contributed by atoms with Gasteiger partial charge in [-0.2, -0.15) is 0 Å². The van der Waals surface area contributed by atoms with Crippen molar-refractivity contribution in [3.05, 3.63) is 48.0 Å². The number of amides is 1. The number of nitrogens with zero attached hydrogens (tertiary/aromatic N) is 1. The quantitative estimate of drug-likeness (QED) is 0.583. The Balaban J connectivity index is 1.84. The maximum atomic E-state index is 12.6. The Bertz CT molecular complexity index is 881. The van der Waals surface area contributed by atoms with Crippen molar-refractivity contribution < 1.29 is 23.8 Å². The van der Waals surface area contributed by atoms with E-state index in [1.165, 1.54) is 0 Å². The minimum atomic E-state index is -0.216.